The van der Waals surface area contributed by atoms with E-state index in [4.69, 9.17) is 0 Å². The Bertz CT molecular complexity index is 610. The zero-order chi connectivity index (χ0) is 17.5. The van der Waals surface area contributed by atoms with Crippen LogP contribution in [0.3, 0.4) is 0 Å². The third kappa shape index (κ3) is 5.53. The molecule has 0 nitrogen and oxygen atoms in total. The average Bonchev–Trinajstić information content (AvgIpc) is 3.21. The fourth-order valence-electron chi connectivity index (χ4n) is 4.03. The molecule has 134 valence electrons. The van der Waals surface area contributed by atoms with Crippen LogP contribution in [-0.2, 0) is 17.4 Å². The Morgan fingerprint density at radius 3 is 2.21 bits per heavy atom. The molecule has 0 aromatic rings. The molecule has 0 atom stereocenters. The third-order valence-electron chi connectivity index (χ3n) is 6.09. The van der Waals surface area contributed by atoms with Gasteiger partial charge in [-0.15, -0.1) is 0 Å². The number of rotatable bonds is 11. The average molecular weight is 422 g/mol. The summed E-state index contributed by atoms with van der Waals surface area (Å²) in [5, 5.41) is 0. The number of unbranched alkanes of at least 4 members (excludes halogenated alkanes) is 7. The van der Waals surface area contributed by atoms with Crippen molar-refractivity contribution in [1.82, 2.24) is 0 Å². The van der Waals surface area contributed by atoms with Crippen LogP contribution in [0.25, 0.3) is 0 Å². The van der Waals surface area contributed by atoms with Crippen molar-refractivity contribution in [2.45, 2.75) is 86.8 Å². The summed E-state index contributed by atoms with van der Waals surface area (Å²) in [6.07, 6.45) is 27.3. The van der Waals surface area contributed by atoms with E-state index >= 15 is 0 Å². The van der Waals surface area contributed by atoms with Gasteiger partial charge in [-0.2, -0.15) is 0 Å². The summed E-state index contributed by atoms with van der Waals surface area (Å²) in [6.45, 7) is 4.67. The molecule has 2 aliphatic rings. The second kappa shape index (κ2) is 9.13. The minimum absolute atomic E-state index is 1.21. The second-order valence-corrected chi connectivity index (χ2v) is 37.8. The SMILES string of the molecule is CCCCCCCCCCC1=CC[C]([Zr]([CH3])([CH3])(=[SiH2])[C]2=CC=CC2)=C1. The molecule has 2 rings (SSSR count). The molecule has 2 aliphatic carbocycles. The molecular weight excluding hydrogens is 384 g/mol. The first kappa shape index (κ1) is 20.4. The summed E-state index contributed by atoms with van der Waals surface area (Å²) in [5.41, 5.74) is 1.64. The van der Waals surface area contributed by atoms with Crippen molar-refractivity contribution in [2.75, 3.05) is 0 Å². The normalized spacial score (nSPS) is 17.9. The standard InChI is InChI=1S/C15H25.C5H5.2CH3.H2Si.Zr/c1-2-3-4-5-6-7-8-9-12-15-13-10-11-14-15;1-2-4-5-3-1;;;;/h13-14H,2-10,12H2,1H3;1-3H,4H2;2*1H3;1H2;. The van der Waals surface area contributed by atoms with Crippen molar-refractivity contribution < 1.29 is 17.4 Å². The predicted octanol–water partition coefficient (Wildman–Crippen LogP) is 6.91. The molecule has 0 bridgehead atoms. The van der Waals surface area contributed by atoms with Crippen molar-refractivity contribution >= 4 is 6.88 Å². The topological polar surface area (TPSA) is 0 Å². The van der Waals surface area contributed by atoms with Crippen LogP contribution in [0.4, 0.5) is 0 Å². The third-order valence-corrected chi connectivity index (χ3v) is 23.4. The van der Waals surface area contributed by atoms with Gasteiger partial charge < -0.3 is 0 Å². The van der Waals surface area contributed by atoms with Gasteiger partial charge in [-0.1, -0.05) is 6.92 Å². The predicted molar refractivity (Wildman–Crippen MR) is 110 cm³/mol. The van der Waals surface area contributed by atoms with E-state index in [0.29, 0.717) is 0 Å². The van der Waals surface area contributed by atoms with Crippen LogP contribution in [0.2, 0.25) is 9.26 Å². The van der Waals surface area contributed by atoms with Crippen LogP contribution < -0.4 is 0 Å². The van der Waals surface area contributed by atoms with Crippen LogP contribution in [0.1, 0.15) is 77.6 Å². The van der Waals surface area contributed by atoms with Crippen LogP contribution in [0, 0.1) is 0 Å². The van der Waals surface area contributed by atoms with Crippen molar-refractivity contribution in [3.63, 3.8) is 0 Å². The first-order chi connectivity index (χ1) is 11.4. The molecular formula is C22H38SiZr. The molecule has 0 amide bonds. The second-order valence-electron chi connectivity index (χ2n) is 8.89. The van der Waals surface area contributed by atoms with Gasteiger partial charge in [0.25, 0.3) is 0 Å². The molecule has 0 unspecified atom stereocenters. The van der Waals surface area contributed by atoms with Gasteiger partial charge in [0.2, 0.25) is 0 Å². The maximum atomic E-state index is 2.64. The fourth-order valence-corrected chi connectivity index (χ4v) is 15.0. The van der Waals surface area contributed by atoms with Gasteiger partial charge >= 0.3 is 147 Å². The quantitative estimate of drug-likeness (QED) is 0.251. The summed E-state index contributed by atoms with van der Waals surface area (Å²) in [7, 11) is 0. The summed E-state index contributed by atoms with van der Waals surface area (Å²) in [6, 6.07) is 0. The Kier molecular flexibility index (Phi) is 7.75. The zero-order valence-electron chi connectivity index (χ0n) is 16.4. The molecule has 0 saturated carbocycles. The van der Waals surface area contributed by atoms with Gasteiger partial charge in [-0.25, -0.2) is 0 Å². The Labute approximate surface area is 153 Å². The minimum atomic E-state index is -2.78. The Morgan fingerprint density at radius 1 is 0.917 bits per heavy atom. The monoisotopic (exact) mass is 420 g/mol. The van der Waals surface area contributed by atoms with Gasteiger partial charge in [0.15, 0.2) is 0 Å². The van der Waals surface area contributed by atoms with E-state index in [1.807, 2.05) is 3.28 Å². The molecule has 0 radical (unpaired) electrons. The molecule has 0 heterocycles. The number of allylic oxidation sites excluding steroid dienone is 8. The van der Waals surface area contributed by atoms with Gasteiger partial charge in [0.1, 0.15) is 0 Å². The molecule has 0 N–H and O–H groups in total. The maximum absolute atomic E-state index is 2.78. The number of hydrogen-bond acceptors (Lipinski definition) is 0. The summed E-state index contributed by atoms with van der Waals surface area (Å²) in [5.74, 6) is 0. The molecule has 2 heteroatoms. The van der Waals surface area contributed by atoms with Crippen molar-refractivity contribution in [1.29, 1.82) is 0 Å². The Hall–Kier alpha value is 0.0600. The van der Waals surface area contributed by atoms with E-state index in [9.17, 15) is 0 Å². The summed E-state index contributed by atoms with van der Waals surface area (Å²) in [4.78, 5) is 0. The van der Waals surface area contributed by atoms with Gasteiger partial charge in [-0.3, -0.25) is 0 Å². The number of hydrogen-bond donors (Lipinski definition) is 0. The van der Waals surface area contributed by atoms with Crippen LogP contribution in [0.5, 0.6) is 0 Å². The summed E-state index contributed by atoms with van der Waals surface area (Å²) >= 11 is -2.78. The van der Waals surface area contributed by atoms with Crippen molar-refractivity contribution in [3.05, 3.63) is 42.5 Å². The Balaban J connectivity index is 1.74. The van der Waals surface area contributed by atoms with E-state index in [0.717, 1.165) is 0 Å². The van der Waals surface area contributed by atoms with Crippen LogP contribution >= 0.6 is 0 Å². The molecule has 0 spiro atoms. The summed E-state index contributed by atoms with van der Waals surface area (Å²) < 4.78 is 8.87. The van der Waals surface area contributed by atoms with E-state index in [-0.39, 0.29) is 0 Å². The first-order valence-corrected chi connectivity index (χ1v) is 23.6. The van der Waals surface area contributed by atoms with Crippen molar-refractivity contribution in [2.24, 2.45) is 0 Å². The molecule has 0 aromatic heterocycles. The van der Waals surface area contributed by atoms with E-state index in [1.165, 1.54) is 70.6 Å². The van der Waals surface area contributed by atoms with Crippen LogP contribution in [-0.4, -0.2) is 6.88 Å². The molecule has 0 saturated heterocycles. The Morgan fingerprint density at radius 2 is 1.58 bits per heavy atom. The van der Waals surface area contributed by atoms with Crippen molar-refractivity contribution in [3.8, 4) is 0 Å². The molecule has 0 aliphatic heterocycles. The fraction of sp³-hybridized carbons (Fsp3) is 0.636. The van der Waals surface area contributed by atoms with E-state index in [2.05, 4.69) is 53.4 Å². The zero-order valence-corrected chi connectivity index (χ0v) is 20.2. The molecule has 0 fully saturated rings. The van der Waals surface area contributed by atoms with Gasteiger partial charge in [0, 0.05) is 0 Å². The van der Waals surface area contributed by atoms with Gasteiger partial charge in [-0.05, 0) is 0 Å². The van der Waals surface area contributed by atoms with Gasteiger partial charge in [0.05, 0.1) is 0 Å². The van der Waals surface area contributed by atoms with E-state index < -0.39 is 17.4 Å². The molecule has 24 heavy (non-hydrogen) atoms. The first-order valence-electron chi connectivity index (χ1n) is 10.3. The van der Waals surface area contributed by atoms with Crippen LogP contribution in [0.15, 0.2) is 42.5 Å². The molecule has 0 aromatic carbocycles. The van der Waals surface area contributed by atoms with E-state index in [1.54, 1.807) is 8.85 Å².